The first-order chi connectivity index (χ1) is 12.8. The van der Waals surface area contributed by atoms with Crippen molar-refractivity contribution < 1.29 is 4.52 Å². The first-order valence-electron chi connectivity index (χ1n) is 9.38. The van der Waals surface area contributed by atoms with Crippen LogP contribution in [0.4, 0.5) is 0 Å². The van der Waals surface area contributed by atoms with Gasteiger partial charge in [-0.05, 0) is 37.0 Å². The number of nitrogens with zero attached hydrogens (tertiary/aromatic N) is 3. The average molecular weight is 346 g/mol. The van der Waals surface area contributed by atoms with Crippen LogP contribution in [0.3, 0.4) is 0 Å². The van der Waals surface area contributed by atoms with Gasteiger partial charge in [0.1, 0.15) is 5.69 Å². The zero-order valence-corrected chi connectivity index (χ0v) is 14.6. The van der Waals surface area contributed by atoms with Crippen LogP contribution >= 0.6 is 0 Å². The maximum atomic E-state index is 5.49. The Balaban J connectivity index is 1.27. The molecule has 2 atom stereocenters. The Morgan fingerprint density at radius 3 is 2.65 bits per heavy atom. The van der Waals surface area contributed by atoms with E-state index in [0.29, 0.717) is 17.9 Å². The summed E-state index contributed by atoms with van der Waals surface area (Å²) in [7, 11) is 0. The lowest BCUT2D eigenvalue weighted by atomic mass is 9.68. The number of aromatic nitrogens is 3. The van der Waals surface area contributed by atoms with Crippen LogP contribution in [0.15, 0.2) is 59.3 Å². The highest BCUT2D eigenvalue weighted by molar-refractivity contribution is 5.45. The Bertz CT molecular complexity index is 873. The highest BCUT2D eigenvalue weighted by Gasteiger charge is 2.46. The summed E-state index contributed by atoms with van der Waals surface area (Å²) in [4.78, 5) is 8.97. The van der Waals surface area contributed by atoms with Gasteiger partial charge in [-0.2, -0.15) is 4.98 Å². The lowest BCUT2D eigenvalue weighted by Gasteiger charge is -2.39. The molecular weight excluding hydrogens is 324 g/mol. The van der Waals surface area contributed by atoms with Gasteiger partial charge < -0.3 is 9.84 Å². The topological polar surface area (TPSA) is 63.8 Å². The number of pyridine rings is 1. The van der Waals surface area contributed by atoms with E-state index in [4.69, 9.17) is 4.52 Å². The molecule has 0 radical (unpaired) electrons. The molecule has 1 aromatic carbocycles. The quantitative estimate of drug-likeness (QED) is 0.737. The second-order valence-electron chi connectivity index (χ2n) is 7.51. The molecule has 2 aliphatic carbocycles. The van der Waals surface area contributed by atoms with Crippen molar-refractivity contribution >= 4 is 0 Å². The fraction of sp³-hybridized carbons (Fsp3) is 0.381. The van der Waals surface area contributed by atoms with Crippen LogP contribution in [-0.4, -0.2) is 27.7 Å². The summed E-state index contributed by atoms with van der Waals surface area (Å²) in [6.45, 7) is 0.919. The molecule has 1 N–H and O–H groups in total. The van der Waals surface area contributed by atoms with E-state index < -0.39 is 0 Å². The maximum Gasteiger partial charge on any atom is 0.276 e. The van der Waals surface area contributed by atoms with Crippen LogP contribution in [0.1, 0.15) is 43.0 Å². The first-order valence-corrected chi connectivity index (χ1v) is 9.38. The maximum absolute atomic E-state index is 5.49. The van der Waals surface area contributed by atoms with E-state index in [-0.39, 0.29) is 5.41 Å². The summed E-state index contributed by atoms with van der Waals surface area (Å²) in [6, 6.07) is 17.1. The number of rotatable bonds is 6. The van der Waals surface area contributed by atoms with E-state index in [0.717, 1.165) is 30.9 Å². The third kappa shape index (κ3) is 2.82. The lowest BCUT2D eigenvalue weighted by Crippen LogP contribution is -2.45. The fourth-order valence-corrected chi connectivity index (χ4v) is 3.93. The monoisotopic (exact) mass is 346 g/mol. The van der Waals surface area contributed by atoms with Crippen molar-refractivity contribution in [2.75, 3.05) is 6.54 Å². The number of benzene rings is 1. The van der Waals surface area contributed by atoms with Gasteiger partial charge in [-0.1, -0.05) is 48.0 Å². The SMILES string of the molecule is c1ccc(C2C[C@@H]2NCC2(c3noc(-c4ccccn4)n3)CCC2)cc1. The molecule has 3 aromatic rings. The normalized spacial score (nSPS) is 23.4. The van der Waals surface area contributed by atoms with Crippen LogP contribution in [0.2, 0.25) is 0 Å². The fourth-order valence-electron chi connectivity index (χ4n) is 3.93. The largest absolute Gasteiger partial charge is 0.332 e. The van der Waals surface area contributed by atoms with Gasteiger partial charge in [0, 0.05) is 30.1 Å². The molecule has 0 amide bonds. The van der Waals surface area contributed by atoms with Gasteiger partial charge in [-0.3, -0.25) is 4.98 Å². The molecule has 0 aliphatic heterocycles. The van der Waals surface area contributed by atoms with Crippen molar-refractivity contribution in [2.45, 2.75) is 43.1 Å². The molecule has 2 heterocycles. The van der Waals surface area contributed by atoms with Gasteiger partial charge in [-0.25, -0.2) is 0 Å². The molecule has 5 nitrogen and oxygen atoms in total. The Morgan fingerprint density at radius 1 is 1.08 bits per heavy atom. The van der Waals surface area contributed by atoms with Crippen molar-refractivity contribution in [3.8, 4) is 11.6 Å². The van der Waals surface area contributed by atoms with Gasteiger partial charge in [0.2, 0.25) is 0 Å². The first kappa shape index (κ1) is 15.7. The van der Waals surface area contributed by atoms with Crippen LogP contribution in [0, 0.1) is 0 Å². The Labute approximate surface area is 152 Å². The minimum Gasteiger partial charge on any atom is -0.332 e. The Kier molecular flexibility index (Phi) is 3.82. The Hall–Kier alpha value is -2.53. The number of hydrogen-bond donors (Lipinski definition) is 1. The standard InChI is InChI=1S/C21H22N4O/c1-2-7-15(8-3-1)16-13-18(16)23-14-21(10-6-11-21)20-24-19(26-25-20)17-9-4-5-12-22-17/h1-5,7-9,12,16,18,23H,6,10-11,13-14H2/t16?,18-/m0/s1. The highest BCUT2D eigenvalue weighted by atomic mass is 16.5. The van der Waals surface area contributed by atoms with Gasteiger partial charge in [0.25, 0.3) is 5.89 Å². The van der Waals surface area contributed by atoms with Gasteiger partial charge >= 0.3 is 0 Å². The molecule has 0 spiro atoms. The molecule has 0 saturated heterocycles. The second kappa shape index (κ2) is 6.32. The summed E-state index contributed by atoms with van der Waals surface area (Å²) in [5.41, 5.74) is 2.19. The van der Waals surface area contributed by atoms with Crippen molar-refractivity contribution in [2.24, 2.45) is 0 Å². The van der Waals surface area contributed by atoms with Crippen molar-refractivity contribution in [1.29, 1.82) is 0 Å². The van der Waals surface area contributed by atoms with Crippen molar-refractivity contribution in [1.82, 2.24) is 20.4 Å². The van der Waals surface area contributed by atoms with Gasteiger partial charge in [-0.15, -0.1) is 0 Å². The third-order valence-electron chi connectivity index (χ3n) is 5.82. The van der Waals surface area contributed by atoms with E-state index in [1.54, 1.807) is 6.20 Å². The van der Waals surface area contributed by atoms with E-state index in [1.165, 1.54) is 18.4 Å². The smallest absolute Gasteiger partial charge is 0.276 e. The molecular formula is C21H22N4O. The predicted molar refractivity (Wildman–Crippen MR) is 98.6 cm³/mol. The van der Waals surface area contributed by atoms with Crippen molar-refractivity contribution in [3.05, 3.63) is 66.1 Å². The molecule has 2 aromatic heterocycles. The summed E-state index contributed by atoms with van der Waals surface area (Å²) < 4.78 is 5.49. The number of nitrogens with one attached hydrogen (secondary N) is 1. The molecule has 2 saturated carbocycles. The van der Waals surface area contributed by atoms with Gasteiger partial charge in [0.15, 0.2) is 5.82 Å². The van der Waals surface area contributed by atoms with Crippen LogP contribution in [0.25, 0.3) is 11.6 Å². The average Bonchev–Trinajstić information content (AvgIpc) is 3.28. The zero-order chi connectivity index (χ0) is 17.4. The Morgan fingerprint density at radius 2 is 1.92 bits per heavy atom. The van der Waals surface area contributed by atoms with Crippen LogP contribution in [-0.2, 0) is 5.41 Å². The van der Waals surface area contributed by atoms with Crippen LogP contribution in [0.5, 0.6) is 0 Å². The van der Waals surface area contributed by atoms with E-state index in [9.17, 15) is 0 Å². The molecule has 132 valence electrons. The summed E-state index contributed by atoms with van der Waals surface area (Å²) in [5.74, 6) is 1.98. The molecule has 26 heavy (non-hydrogen) atoms. The molecule has 5 rings (SSSR count). The molecule has 1 unspecified atom stereocenters. The minimum atomic E-state index is 0.0142. The number of hydrogen-bond acceptors (Lipinski definition) is 5. The molecule has 2 aliphatic rings. The molecule has 0 bridgehead atoms. The van der Waals surface area contributed by atoms with E-state index in [1.807, 2.05) is 18.2 Å². The van der Waals surface area contributed by atoms with Gasteiger partial charge in [0.05, 0.1) is 0 Å². The molecule has 5 heteroatoms. The predicted octanol–water partition coefficient (Wildman–Crippen LogP) is 3.70. The van der Waals surface area contributed by atoms with E-state index in [2.05, 4.69) is 50.8 Å². The highest BCUT2D eigenvalue weighted by Crippen LogP contribution is 2.45. The summed E-state index contributed by atoms with van der Waals surface area (Å²) in [6.07, 6.45) is 6.41. The minimum absolute atomic E-state index is 0.0142. The zero-order valence-electron chi connectivity index (χ0n) is 14.6. The van der Waals surface area contributed by atoms with Crippen LogP contribution < -0.4 is 5.32 Å². The third-order valence-corrected chi connectivity index (χ3v) is 5.82. The second-order valence-corrected chi connectivity index (χ2v) is 7.51. The lowest BCUT2D eigenvalue weighted by molar-refractivity contribution is 0.211. The molecule has 2 fully saturated rings. The summed E-state index contributed by atoms with van der Waals surface area (Å²) in [5, 5.41) is 8.05. The van der Waals surface area contributed by atoms with Crippen molar-refractivity contribution in [3.63, 3.8) is 0 Å². The summed E-state index contributed by atoms with van der Waals surface area (Å²) >= 11 is 0. The van der Waals surface area contributed by atoms with E-state index >= 15 is 0 Å².